The summed E-state index contributed by atoms with van der Waals surface area (Å²) in [5.41, 5.74) is -0.954. The summed E-state index contributed by atoms with van der Waals surface area (Å²) < 4.78 is 84.0. The molecule has 0 spiro atoms. The minimum atomic E-state index is -4.63. The third kappa shape index (κ3) is 6.47. The minimum absolute atomic E-state index is 0.183. The molecule has 34 heavy (non-hydrogen) atoms. The molecule has 180 valence electrons. The fourth-order valence-corrected chi connectivity index (χ4v) is 3.94. The highest BCUT2D eigenvalue weighted by Gasteiger charge is 2.33. The van der Waals surface area contributed by atoms with Crippen LogP contribution in [0, 0.1) is 5.82 Å². The lowest BCUT2D eigenvalue weighted by atomic mass is 10.1. The molecule has 0 fully saturated rings. The second-order valence-corrected chi connectivity index (χ2v) is 9.14. The predicted octanol–water partition coefficient (Wildman–Crippen LogP) is 4.83. The molecule has 0 atom stereocenters. The average Bonchev–Trinajstić information content (AvgIpc) is 2.76. The number of anilines is 2. The van der Waals surface area contributed by atoms with E-state index in [4.69, 9.17) is 4.74 Å². The number of halogens is 4. The van der Waals surface area contributed by atoms with Crippen molar-refractivity contribution in [3.63, 3.8) is 0 Å². The van der Waals surface area contributed by atoms with Crippen molar-refractivity contribution in [1.29, 1.82) is 0 Å². The highest BCUT2D eigenvalue weighted by molar-refractivity contribution is 7.92. The molecule has 0 heterocycles. The van der Waals surface area contributed by atoms with E-state index in [-0.39, 0.29) is 23.5 Å². The molecule has 0 aliphatic rings. The lowest BCUT2D eigenvalue weighted by Gasteiger charge is -2.23. The number of ether oxygens (including phenoxy) is 1. The number of carbonyl (C=O) groups is 1. The van der Waals surface area contributed by atoms with Gasteiger partial charge in [-0.3, -0.25) is 9.10 Å². The Kier molecular flexibility index (Phi) is 7.45. The predicted molar refractivity (Wildman–Crippen MR) is 119 cm³/mol. The third-order valence-corrected chi connectivity index (χ3v) is 5.81. The molecule has 0 aliphatic heterocycles. The van der Waals surface area contributed by atoms with Crippen molar-refractivity contribution < 1.29 is 35.5 Å². The van der Waals surface area contributed by atoms with Gasteiger partial charge in [-0.1, -0.05) is 30.3 Å². The Labute approximate surface area is 193 Å². The normalized spacial score (nSPS) is 11.7. The van der Waals surface area contributed by atoms with Crippen LogP contribution >= 0.6 is 0 Å². The van der Waals surface area contributed by atoms with Crippen molar-refractivity contribution in [2.75, 3.05) is 22.5 Å². The highest BCUT2D eigenvalue weighted by atomic mass is 32.2. The smallest absolute Gasteiger partial charge is 0.418 e. The Hall–Kier alpha value is -3.60. The number of amides is 1. The van der Waals surface area contributed by atoms with Crippen molar-refractivity contribution in [2.45, 2.75) is 12.7 Å². The van der Waals surface area contributed by atoms with Gasteiger partial charge in [0.25, 0.3) is 5.91 Å². The topological polar surface area (TPSA) is 75.7 Å². The average molecular weight is 496 g/mol. The summed E-state index contributed by atoms with van der Waals surface area (Å²) >= 11 is 0. The third-order valence-electron chi connectivity index (χ3n) is 4.67. The maximum Gasteiger partial charge on any atom is 0.418 e. The number of rotatable bonds is 8. The fraction of sp³-hybridized carbons (Fsp3) is 0.174. The molecule has 0 unspecified atom stereocenters. The van der Waals surface area contributed by atoms with Crippen molar-refractivity contribution in [2.24, 2.45) is 0 Å². The van der Waals surface area contributed by atoms with Crippen LogP contribution in [0.15, 0.2) is 72.8 Å². The highest BCUT2D eigenvalue weighted by Crippen LogP contribution is 2.34. The first-order chi connectivity index (χ1) is 15.9. The summed E-state index contributed by atoms with van der Waals surface area (Å²) in [5, 5.41) is 2.16. The van der Waals surface area contributed by atoms with Gasteiger partial charge in [-0.05, 0) is 42.5 Å². The Morgan fingerprint density at radius 3 is 2.21 bits per heavy atom. The van der Waals surface area contributed by atoms with Crippen molar-refractivity contribution in [3.05, 3.63) is 89.7 Å². The zero-order valence-electron chi connectivity index (χ0n) is 17.8. The zero-order valence-corrected chi connectivity index (χ0v) is 18.7. The molecule has 0 saturated heterocycles. The van der Waals surface area contributed by atoms with E-state index in [1.807, 2.05) is 0 Å². The quantitative estimate of drug-likeness (QED) is 0.454. The van der Waals surface area contributed by atoms with E-state index < -0.39 is 45.8 Å². The molecular weight excluding hydrogens is 476 g/mol. The van der Waals surface area contributed by atoms with Gasteiger partial charge in [-0.25, -0.2) is 12.8 Å². The Bertz CT molecular complexity index is 1260. The fourth-order valence-electron chi connectivity index (χ4n) is 3.06. The summed E-state index contributed by atoms with van der Waals surface area (Å²) in [4.78, 5) is 12.1. The first-order valence-electron chi connectivity index (χ1n) is 9.85. The molecule has 3 aromatic rings. The zero-order chi connectivity index (χ0) is 24.9. The maximum atomic E-state index is 14.0. The van der Waals surface area contributed by atoms with Gasteiger partial charge in [0.15, 0.2) is 6.61 Å². The number of benzene rings is 3. The largest absolute Gasteiger partial charge is 0.484 e. The Balaban J connectivity index is 1.67. The lowest BCUT2D eigenvalue weighted by Crippen LogP contribution is -2.29. The van der Waals surface area contributed by atoms with E-state index in [1.165, 1.54) is 54.6 Å². The van der Waals surface area contributed by atoms with Crippen molar-refractivity contribution >= 4 is 27.3 Å². The van der Waals surface area contributed by atoms with Gasteiger partial charge in [-0.15, -0.1) is 0 Å². The number of sulfonamides is 1. The van der Waals surface area contributed by atoms with Gasteiger partial charge in [0, 0.05) is 5.56 Å². The number of nitrogens with one attached hydrogen (secondary N) is 1. The number of para-hydroxylation sites is 1. The molecular formula is C23H20F4N2O4S. The van der Waals surface area contributed by atoms with E-state index in [0.29, 0.717) is 0 Å². The Morgan fingerprint density at radius 1 is 0.971 bits per heavy atom. The van der Waals surface area contributed by atoms with Gasteiger partial charge < -0.3 is 10.1 Å². The maximum absolute atomic E-state index is 14.0. The first-order valence-corrected chi connectivity index (χ1v) is 11.7. The number of alkyl halides is 3. The molecule has 0 radical (unpaired) electrons. The van der Waals surface area contributed by atoms with E-state index in [1.54, 1.807) is 6.07 Å². The van der Waals surface area contributed by atoms with Crippen LogP contribution in [0.4, 0.5) is 28.9 Å². The van der Waals surface area contributed by atoms with Gasteiger partial charge >= 0.3 is 6.18 Å². The summed E-state index contributed by atoms with van der Waals surface area (Å²) in [6.45, 7) is -0.802. The molecule has 0 aliphatic carbocycles. The van der Waals surface area contributed by atoms with Gasteiger partial charge in [0.2, 0.25) is 10.0 Å². The summed E-state index contributed by atoms with van der Waals surface area (Å²) in [6.07, 6.45) is -3.64. The first kappa shape index (κ1) is 25.0. The summed E-state index contributed by atoms with van der Waals surface area (Å²) in [7, 11) is -3.75. The van der Waals surface area contributed by atoms with Gasteiger partial charge in [-0.2, -0.15) is 13.2 Å². The number of carbonyl (C=O) groups excluding carboxylic acids is 1. The van der Waals surface area contributed by atoms with Gasteiger partial charge in [0.1, 0.15) is 11.6 Å². The van der Waals surface area contributed by atoms with Crippen LogP contribution in [0.1, 0.15) is 11.1 Å². The molecule has 0 saturated carbocycles. The van der Waals surface area contributed by atoms with E-state index >= 15 is 0 Å². The standard InChI is InChI=1S/C23H20F4N2O4S/c1-34(31,32)29(14-16-6-2-4-8-20(16)24)17-10-12-18(13-11-17)33-15-22(30)28-21-9-5-3-7-19(21)23(25,26)27/h2-13H,14-15H2,1H3,(H,28,30). The number of hydrogen-bond acceptors (Lipinski definition) is 4. The molecule has 3 aromatic carbocycles. The van der Waals surface area contributed by atoms with Crippen LogP contribution in [0.2, 0.25) is 0 Å². The second-order valence-electron chi connectivity index (χ2n) is 7.24. The van der Waals surface area contributed by atoms with Crippen LogP contribution < -0.4 is 14.4 Å². The van der Waals surface area contributed by atoms with E-state index in [2.05, 4.69) is 5.32 Å². The molecule has 1 N–H and O–H groups in total. The molecule has 0 bridgehead atoms. The SMILES string of the molecule is CS(=O)(=O)N(Cc1ccccc1F)c1ccc(OCC(=O)Nc2ccccc2C(F)(F)F)cc1. The van der Waals surface area contributed by atoms with Crippen LogP contribution in [-0.4, -0.2) is 27.2 Å². The molecule has 3 rings (SSSR count). The monoisotopic (exact) mass is 496 g/mol. The number of nitrogens with zero attached hydrogens (tertiary/aromatic N) is 1. The minimum Gasteiger partial charge on any atom is -0.484 e. The second kappa shape index (κ2) is 10.1. The van der Waals surface area contributed by atoms with E-state index in [9.17, 15) is 30.8 Å². The van der Waals surface area contributed by atoms with Crippen LogP contribution in [0.3, 0.4) is 0 Å². The molecule has 1 amide bonds. The molecule has 0 aromatic heterocycles. The summed E-state index contributed by atoms with van der Waals surface area (Å²) in [5.74, 6) is -1.17. The molecule has 6 nitrogen and oxygen atoms in total. The van der Waals surface area contributed by atoms with Crippen LogP contribution in [-0.2, 0) is 27.5 Å². The Morgan fingerprint density at radius 2 is 1.59 bits per heavy atom. The lowest BCUT2D eigenvalue weighted by molar-refractivity contribution is -0.137. The number of hydrogen-bond donors (Lipinski definition) is 1. The van der Waals surface area contributed by atoms with Crippen molar-refractivity contribution in [3.8, 4) is 5.75 Å². The van der Waals surface area contributed by atoms with E-state index in [0.717, 1.165) is 22.7 Å². The van der Waals surface area contributed by atoms with Crippen molar-refractivity contribution in [1.82, 2.24) is 0 Å². The van der Waals surface area contributed by atoms with Crippen LogP contribution in [0.25, 0.3) is 0 Å². The van der Waals surface area contributed by atoms with Crippen LogP contribution in [0.5, 0.6) is 5.75 Å². The molecule has 11 heteroatoms. The van der Waals surface area contributed by atoms with Gasteiger partial charge in [0.05, 0.1) is 29.7 Å². The summed E-state index contributed by atoms with van der Waals surface area (Å²) in [6, 6.07) is 15.9.